The lowest BCUT2D eigenvalue weighted by Gasteiger charge is -2.14. The minimum atomic E-state index is -0.553. The molecule has 2 aromatic carbocycles. The maximum absolute atomic E-state index is 13.3. The molecular weight excluding hydrogens is 495 g/mol. The standard InChI is InChI=1S/C25H20ClFN2O5S/c1-32-12-11-29-23(30)22(35-25(29)28-17-6-4-16(27)5-7-17)14-18-8-10-21(34-18)15-3-9-20(26)19(13-15)24(31)33-2/h3-10,13-14H,11-12H2,1-2H3/b22-14+,28-25?. The maximum Gasteiger partial charge on any atom is 0.339 e. The van der Waals surface area contributed by atoms with Gasteiger partial charge in [0.15, 0.2) is 5.17 Å². The van der Waals surface area contributed by atoms with Crippen LogP contribution in [0.25, 0.3) is 17.4 Å². The van der Waals surface area contributed by atoms with Crippen molar-refractivity contribution in [2.75, 3.05) is 27.4 Å². The number of ether oxygens (including phenoxy) is 2. The second kappa shape index (κ2) is 10.9. The number of thioether (sulfide) groups is 1. The van der Waals surface area contributed by atoms with Gasteiger partial charge in [-0.25, -0.2) is 14.2 Å². The Morgan fingerprint density at radius 2 is 1.94 bits per heavy atom. The van der Waals surface area contributed by atoms with Gasteiger partial charge in [-0.2, -0.15) is 0 Å². The first-order valence-corrected chi connectivity index (χ1v) is 11.6. The minimum absolute atomic E-state index is 0.222. The molecule has 0 aliphatic carbocycles. The second-order valence-electron chi connectivity index (χ2n) is 7.32. The first kappa shape index (κ1) is 24.7. The van der Waals surface area contributed by atoms with Crippen LogP contribution in [-0.2, 0) is 14.3 Å². The topological polar surface area (TPSA) is 81.3 Å². The van der Waals surface area contributed by atoms with Crippen LogP contribution in [0.15, 0.2) is 68.9 Å². The maximum atomic E-state index is 13.3. The minimum Gasteiger partial charge on any atom is -0.465 e. The van der Waals surface area contributed by atoms with Gasteiger partial charge < -0.3 is 13.9 Å². The van der Waals surface area contributed by atoms with Crippen molar-refractivity contribution in [3.8, 4) is 11.3 Å². The van der Waals surface area contributed by atoms with Crippen molar-refractivity contribution < 1.29 is 27.9 Å². The van der Waals surface area contributed by atoms with Crippen LogP contribution in [0.2, 0.25) is 5.02 Å². The Hall–Kier alpha value is -3.40. The largest absolute Gasteiger partial charge is 0.465 e. The summed E-state index contributed by atoms with van der Waals surface area (Å²) in [6.45, 7) is 0.635. The number of furan rings is 1. The number of carbonyl (C=O) groups excluding carboxylic acids is 2. The molecule has 1 fully saturated rings. The molecule has 1 aliphatic rings. The summed E-state index contributed by atoms with van der Waals surface area (Å²) in [5, 5.41) is 0.726. The van der Waals surface area contributed by atoms with E-state index in [-0.39, 0.29) is 22.3 Å². The zero-order valence-corrected chi connectivity index (χ0v) is 20.4. The Kier molecular flexibility index (Phi) is 7.70. The van der Waals surface area contributed by atoms with Gasteiger partial charge in [-0.3, -0.25) is 9.69 Å². The summed E-state index contributed by atoms with van der Waals surface area (Å²) in [7, 11) is 2.83. The van der Waals surface area contributed by atoms with E-state index >= 15 is 0 Å². The summed E-state index contributed by atoms with van der Waals surface area (Å²) in [5.41, 5.74) is 1.37. The number of aliphatic imine (C=N–C) groups is 1. The van der Waals surface area contributed by atoms with Crippen LogP contribution < -0.4 is 0 Å². The summed E-state index contributed by atoms with van der Waals surface area (Å²) in [4.78, 5) is 31.4. The molecule has 2 heterocycles. The average Bonchev–Trinajstić information content (AvgIpc) is 3.44. The lowest BCUT2D eigenvalue weighted by Crippen LogP contribution is -2.32. The number of esters is 1. The van der Waals surface area contributed by atoms with E-state index in [1.807, 2.05) is 0 Å². The number of rotatable bonds is 7. The van der Waals surface area contributed by atoms with Crippen LogP contribution in [0.5, 0.6) is 0 Å². The molecule has 0 atom stereocenters. The molecule has 35 heavy (non-hydrogen) atoms. The van der Waals surface area contributed by atoms with Crippen molar-refractivity contribution >= 4 is 52.2 Å². The van der Waals surface area contributed by atoms with Gasteiger partial charge in [0, 0.05) is 18.7 Å². The fraction of sp³-hybridized carbons (Fsp3) is 0.160. The van der Waals surface area contributed by atoms with E-state index in [9.17, 15) is 14.0 Å². The van der Waals surface area contributed by atoms with Crippen molar-refractivity contribution in [2.45, 2.75) is 0 Å². The van der Waals surface area contributed by atoms with Gasteiger partial charge in [-0.1, -0.05) is 11.6 Å². The Morgan fingerprint density at radius 1 is 1.17 bits per heavy atom. The predicted molar refractivity (Wildman–Crippen MR) is 133 cm³/mol. The van der Waals surface area contributed by atoms with E-state index in [1.54, 1.807) is 43.5 Å². The molecule has 0 radical (unpaired) electrons. The average molecular weight is 515 g/mol. The third-order valence-corrected chi connectivity index (χ3v) is 6.35. The molecule has 180 valence electrons. The molecule has 7 nitrogen and oxygen atoms in total. The fourth-order valence-corrected chi connectivity index (χ4v) is 4.46. The summed E-state index contributed by atoms with van der Waals surface area (Å²) < 4.78 is 29.0. The van der Waals surface area contributed by atoms with Gasteiger partial charge in [-0.15, -0.1) is 0 Å². The number of benzene rings is 2. The van der Waals surface area contributed by atoms with Crippen molar-refractivity contribution in [1.82, 2.24) is 4.90 Å². The molecule has 1 aromatic heterocycles. The SMILES string of the molecule is COCCN1C(=O)/C(=C\c2ccc(-c3ccc(Cl)c(C(=O)OC)c3)o2)SC1=Nc1ccc(F)cc1. The highest BCUT2D eigenvalue weighted by molar-refractivity contribution is 8.18. The monoisotopic (exact) mass is 514 g/mol. The van der Waals surface area contributed by atoms with Gasteiger partial charge in [0.2, 0.25) is 0 Å². The van der Waals surface area contributed by atoms with Gasteiger partial charge in [0.25, 0.3) is 5.91 Å². The number of halogens is 2. The first-order chi connectivity index (χ1) is 16.9. The lowest BCUT2D eigenvalue weighted by atomic mass is 10.1. The van der Waals surface area contributed by atoms with Crippen molar-refractivity contribution in [3.05, 3.63) is 81.7 Å². The molecule has 0 bridgehead atoms. The molecule has 3 aromatic rings. The third-order valence-electron chi connectivity index (χ3n) is 5.01. The van der Waals surface area contributed by atoms with E-state index in [1.165, 1.54) is 48.0 Å². The van der Waals surface area contributed by atoms with E-state index < -0.39 is 5.97 Å². The highest BCUT2D eigenvalue weighted by Crippen LogP contribution is 2.35. The second-order valence-corrected chi connectivity index (χ2v) is 8.74. The van der Waals surface area contributed by atoms with E-state index in [2.05, 4.69) is 4.99 Å². The Bertz CT molecular complexity index is 1320. The Morgan fingerprint density at radius 3 is 2.66 bits per heavy atom. The molecule has 0 spiro atoms. The highest BCUT2D eigenvalue weighted by Gasteiger charge is 2.33. The van der Waals surface area contributed by atoms with Gasteiger partial charge >= 0.3 is 5.97 Å². The number of amidine groups is 1. The lowest BCUT2D eigenvalue weighted by molar-refractivity contribution is -0.122. The molecule has 1 aliphatic heterocycles. The summed E-state index contributed by atoms with van der Waals surface area (Å²) >= 11 is 7.28. The zero-order chi connectivity index (χ0) is 24.9. The Labute approximate surface area is 210 Å². The normalized spacial score (nSPS) is 15.9. The number of hydrogen-bond acceptors (Lipinski definition) is 7. The van der Waals surface area contributed by atoms with E-state index in [4.69, 9.17) is 25.5 Å². The molecular formula is C25H20ClFN2O5S. The van der Waals surface area contributed by atoms with E-state index in [0.29, 0.717) is 46.0 Å². The molecule has 4 rings (SSSR count). The highest BCUT2D eigenvalue weighted by atomic mass is 35.5. The van der Waals surface area contributed by atoms with E-state index in [0.717, 1.165) is 0 Å². The van der Waals surface area contributed by atoms with Crippen molar-refractivity contribution in [3.63, 3.8) is 0 Å². The molecule has 0 N–H and O–H groups in total. The first-order valence-electron chi connectivity index (χ1n) is 10.4. The molecule has 1 saturated heterocycles. The van der Waals surface area contributed by atoms with Crippen molar-refractivity contribution in [1.29, 1.82) is 0 Å². The van der Waals surface area contributed by atoms with Crippen LogP contribution in [0.1, 0.15) is 16.1 Å². The summed E-state index contributed by atoms with van der Waals surface area (Å²) in [6.07, 6.45) is 1.63. The number of nitrogens with zero attached hydrogens (tertiary/aromatic N) is 2. The third kappa shape index (κ3) is 5.64. The Balaban J connectivity index is 1.62. The van der Waals surface area contributed by atoms with Crippen LogP contribution in [0.4, 0.5) is 10.1 Å². The number of methoxy groups -OCH3 is 2. The number of carbonyl (C=O) groups is 2. The van der Waals surface area contributed by atoms with Crippen molar-refractivity contribution in [2.24, 2.45) is 4.99 Å². The summed E-state index contributed by atoms with van der Waals surface area (Å²) in [5.74, 6) is -0.229. The van der Waals surface area contributed by atoms with Crippen LogP contribution >= 0.6 is 23.4 Å². The van der Waals surface area contributed by atoms with Gasteiger partial charge in [0.05, 0.1) is 41.4 Å². The number of hydrogen-bond donors (Lipinski definition) is 0. The van der Waals surface area contributed by atoms with Crippen LogP contribution in [0.3, 0.4) is 0 Å². The molecule has 0 saturated carbocycles. The smallest absolute Gasteiger partial charge is 0.339 e. The summed E-state index contributed by atoms with van der Waals surface area (Å²) in [6, 6.07) is 14.0. The van der Waals surface area contributed by atoms with Gasteiger partial charge in [-0.05, 0) is 66.4 Å². The quantitative estimate of drug-likeness (QED) is 0.294. The zero-order valence-electron chi connectivity index (χ0n) is 18.8. The molecule has 10 heteroatoms. The van der Waals surface area contributed by atoms with Crippen LogP contribution in [0, 0.1) is 5.82 Å². The predicted octanol–water partition coefficient (Wildman–Crippen LogP) is 5.78. The van der Waals surface area contributed by atoms with Gasteiger partial charge in [0.1, 0.15) is 17.3 Å². The number of amides is 1. The molecule has 0 unspecified atom stereocenters. The molecule has 1 amide bonds. The van der Waals surface area contributed by atoms with Crippen LogP contribution in [-0.4, -0.2) is 49.3 Å². The fourth-order valence-electron chi connectivity index (χ4n) is 3.26.